The summed E-state index contributed by atoms with van der Waals surface area (Å²) in [4.78, 5) is 22.6. The van der Waals surface area contributed by atoms with Crippen molar-refractivity contribution < 1.29 is 4.79 Å². The van der Waals surface area contributed by atoms with Crippen LogP contribution in [-0.4, -0.2) is 10.5 Å². The summed E-state index contributed by atoms with van der Waals surface area (Å²) in [5.74, 6) is -0.446. The van der Waals surface area contributed by atoms with E-state index in [1.54, 1.807) is 36.9 Å². The number of pyridine rings is 1. The van der Waals surface area contributed by atoms with Crippen LogP contribution in [0.15, 0.2) is 41.3 Å². The van der Waals surface area contributed by atoms with Crippen LogP contribution in [0.3, 0.4) is 0 Å². The van der Waals surface area contributed by atoms with Crippen molar-refractivity contribution in [1.29, 1.82) is 0 Å². The number of hydrogen-bond donors (Lipinski definition) is 1. The minimum absolute atomic E-state index is 0.00694. The van der Waals surface area contributed by atoms with Gasteiger partial charge in [-0.3, -0.25) is 9.59 Å². The van der Waals surface area contributed by atoms with Crippen molar-refractivity contribution >= 4 is 5.91 Å². The zero-order valence-corrected chi connectivity index (χ0v) is 10.3. The molecule has 1 heterocycles. The quantitative estimate of drug-likeness (QED) is 0.866. The molecule has 0 aliphatic rings. The molecule has 4 heteroatoms. The van der Waals surface area contributed by atoms with Crippen LogP contribution in [0, 0.1) is 6.92 Å². The van der Waals surface area contributed by atoms with E-state index in [2.05, 4.69) is 0 Å². The van der Waals surface area contributed by atoms with E-state index in [4.69, 9.17) is 5.73 Å². The number of nitrogens with zero attached hydrogens (tertiary/aromatic N) is 1. The number of amides is 1. The first kappa shape index (κ1) is 12.1. The summed E-state index contributed by atoms with van der Waals surface area (Å²) in [5.41, 5.74) is 8.22. The highest BCUT2D eigenvalue weighted by Gasteiger charge is 2.04. The predicted octanol–water partition coefficient (Wildman–Crippen LogP) is 1.46. The minimum atomic E-state index is -0.446. The van der Waals surface area contributed by atoms with Gasteiger partial charge in [0.2, 0.25) is 5.91 Å². The SMILES string of the molecule is Cc1cc(-c2ccc(C(N)=O)cc2)cn(C)c1=O. The molecular weight excluding hydrogens is 228 g/mol. The van der Waals surface area contributed by atoms with Crippen LogP contribution < -0.4 is 11.3 Å². The molecule has 2 N–H and O–H groups in total. The molecule has 0 aliphatic heterocycles. The summed E-state index contributed by atoms with van der Waals surface area (Å²) in [6, 6.07) is 8.83. The van der Waals surface area contributed by atoms with Crippen LogP contribution in [0.2, 0.25) is 0 Å². The highest BCUT2D eigenvalue weighted by atomic mass is 16.1. The molecular formula is C14H14N2O2. The molecule has 0 spiro atoms. The van der Waals surface area contributed by atoms with Crippen molar-refractivity contribution in [3.05, 3.63) is 58.0 Å². The van der Waals surface area contributed by atoms with Gasteiger partial charge < -0.3 is 10.3 Å². The van der Waals surface area contributed by atoms with Crippen molar-refractivity contribution in [2.24, 2.45) is 12.8 Å². The van der Waals surface area contributed by atoms with E-state index in [1.807, 2.05) is 18.2 Å². The Labute approximate surface area is 105 Å². The Morgan fingerprint density at radius 2 is 1.78 bits per heavy atom. The zero-order chi connectivity index (χ0) is 13.3. The Balaban J connectivity index is 2.49. The van der Waals surface area contributed by atoms with Crippen LogP contribution >= 0.6 is 0 Å². The Bertz CT molecular complexity index is 628. The molecule has 0 aliphatic carbocycles. The predicted molar refractivity (Wildman–Crippen MR) is 70.4 cm³/mol. The number of carbonyl (C=O) groups is 1. The average Bonchev–Trinajstić information content (AvgIpc) is 2.35. The number of primary amides is 1. The summed E-state index contributed by atoms with van der Waals surface area (Å²) < 4.78 is 1.55. The second-order valence-corrected chi connectivity index (χ2v) is 4.27. The number of aryl methyl sites for hydroxylation is 2. The van der Waals surface area contributed by atoms with E-state index in [-0.39, 0.29) is 5.56 Å². The summed E-state index contributed by atoms with van der Waals surface area (Å²) >= 11 is 0. The van der Waals surface area contributed by atoms with E-state index in [0.717, 1.165) is 11.1 Å². The molecule has 0 atom stereocenters. The average molecular weight is 242 g/mol. The summed E-state index contributed by atoms with van der Waals surface area (Å²) in [7, 11) is 1.72. The third kappa shape index (κ3) is 2.18. The standard InChI is InChI=1S/C14H14N2O2/c1-9-7-12(8-16(2)14(9)18)10-3-5-11(6-4-10)13(15)17/h3-8H,1-2H3,(H2,15,17). The molecule has 4 nitrogen and oxygen atoms in total. The van der Waals surface area contributed by atoms with Gasteiger partial charge in [0, 0.05) is 24.4 Å². The van der Waals surface area contributed by atoms with Gasteiger partial charge in [-0.1, -0.05) is 12.1 Å². The van der Waals surface area contributed by atoms with Crippen molar-refractivity contribution in [2.45, 2.75) is 6.92 Å². The van der Waals surface area contributed by atoms with Gasteiger partial charge in [-0.05, 0) is 36.2 Å². The second-order valence-electron chi connectivity index (χ2n) is 4.27. The fourth-order valence-corrected chi connectivity index (χ4v) is 1.86. The number of hydrogen-bond acceptors (Lipinski definition) is 2. The smallest absolute Gasteiger partial charge is 0.253 e. The van der Waals surface area contributed by atoms with Crippen LogP contribution in [0.25, 0.3) is 11.1 Å². The van der Waals surface area contributed by atoms with E-state index in [0.29, 0.717) is 11.1 Å². The highest BCUT2D eigenvalue weighted by molar-refractivity contribution is 5.93. The summed E-state index contributed by atoms with van der Waals surface area (Å²) in [6.07, 6.45) is 1.77. The minimum Gasteiger partial charge on any atom is -0.366 e. The number of carbonyl (C=O) groups excluding carboxylic acids is 1. The van der Waals surface area contributed by atoms with Crippen molar-refractivity contribution in [3.63, 3.8) is 0 Å². The maximum atomic E-state index is 11.6. The van der Waals surface area contributed by atoms with Crippen LogP contribution in [0.1, 0.15) is 15.9 Å². The third-order valence-electron chi connectivity index (χ3n) is 2.87. The molecule has 0 saturated carbocycles. The lowest BCUT2D eigenvalue weighted by Gasteiger charge is -2.06. The lowest BCUT2D eigenvalue weighted by Crippen LogP contribution is -2.18. The van der Waals surface area contributed by atoms with Crippen LogP contribution in [-0.2, 0) is 7.05 Å². The van der Waals surface area contributed by atoms with Crippen molar-refractivity contribution in [3.8, 4) is 11.1 Å². The van der Waals surface area contributed by atoms with Crippen molar-refractivity contribution in [2.75, 3.05) is 0 Å². The first-order valence-corrected chi connectivity index (χ1v) is 5.56. The summed E-state index contributed by atoms with van der Waals surface area (Å²) in [6.45, 7) is 1.78. The largest absolute Gasteiger partial charge is 0.366 e. The molecule has 0 saturated heterocycles. The molecule has 1 aromatic heterocycles. The molecule has 0 unspecified atom stereocenters. The Hall–Kier alpha value is -2.36. The molecule has 1 aromatic carbocycles. The number of nitrogens with two attached hydrogens (primary N) is 1. The van der Waals surface area contributed by atoms with Gasteiger partial charge in [0.05, 0.1) is 0 Å². The zero-order valence-electron chi connectivity index (χ0n) is 10.3. The van der Waals surface area contributed by atoms with E-state index >= 15 is 0 Å². The number of benzene rings is 1. The van der Waals surface area contributed by atoms with Crippen molar-refractivity contribution in [1.82, 2.24) is 4.57 Å². The lowest BCUT2D eigenvalue weighted by molar-refractivity contribution is 0.100. The molecule has 2 rings (SSSR count). The van der Waals surface area contributed by atoms with Crippen LogP contribution in [0.4, 0.5) is 0 Å². The third-order valence-corrected chi connectivity index (χ3v) is 2.87. The van der Waals surface area contributed by atoms with E-state index in [9.17, 15) is 9.59 Å². The first-order valence-electron chi connectivity index (χ1n) is 5.56. The van der Waals surface area contributed by atoms with Gasteiger partial charge in [0.25, 0.3) is 5.56 Å². The fraction of sp³-hybridized carbons (Fsp3) is 0.143. The van der Waals surface area contributed by atoms with Gasteiger partial charge in [0.15, 0.2) is 0 Å². The maximum Gasteiger partial charge on any atom is 0.253 e. The van der Waals surface area contributed by atoms with Gasteiger partial charge in [-0.15, -0.1) is 0 Å². The molecule has 18 heavy (non-hydrogen) atoms. The number of rotatable bonds is 2. The Kier molecular flexibility index (Phi) is 3.02. The molecule has 0 bridgehead atoms. The monoisotopic (exact) mass is 242 g/mol. The Morgan fingerprint density at radius 1 is 1.17 bits per heavy atom. The van der Waals surface area contributed by atoms with E-state index in [1.165, 1.54) is 0 Å². The Morgan fingerprint density at radius 3 is 2.28 bits per heavy atom. The van der Waals surface area contributed by atoms with Crippen LogP contribution in [0.5, 0.6) is 0 Å². The highest BCUT2D eigenvalue weighted by Crippen LogP contribution is 2.19. The van der Waals surface area contributed by atoms with Gasteiger partial charge in [-0.25, -0.2) is 0 Å². The van der Waals surface area contributed by atoms with Gasteiger partial charge in [-0.2, -0.15) is 0 Å². The second kappa shape index (κ2) is 4.49. The van der Waals surface area contributed by atoms with Gasteiger partial charge in [0.1, 0.15) is 0 Å². The normalized spacial score (nSPS) is 10.3. The van der Waals surface area contributed by atoms with E-state index < -0.39 is 5.91 Å². The molecule has 1 amide bonds. The summed E-state index contributed by atoms with van der Waals surface area (Å²) in [5, 5.41) is 0. The number of aromatic nitrogens is 1. The molecule has 0 radical (unpaired) electrons. The lowest BCUT2D eigenvalue weighted by atomic mass is 10.0. The maximum absolute atomic E-state index is 11.6. The fourth-order valence-electron chi connectivity index (χ4n) is 1.86. The molecule has 0 fully saturated rings. The first-order chi connectivity index (χ1) is 8.49. The van der Waals surface area contributed by atoms with Gasteiger partial charge >= 0.3 is 0 Å². The molecule has 2 aromatic rings. The molecule has 92 valence electrons. The topological polar surface area (TPSA) is 65.1 Å².